The van der Waals surface area contributed by atoms with Crippen molar-refractivity contribution < 1.29 is 4.92 Å². The minimum absolute atomic E-state index is 0.0912. The molecule has 0 bridgehead atoms. The molecule has 1 aliphatic carbocycles. The van der Waals surface area contributed by atoms with Crippen molar-refractivity contribution in [3.63, 3.8) is 0 Å². The Bertz CT molecular complexity index is 650. The van der Waals surface area contributed by atoms with E-state index in [2.05, 4.69) is 10.4 Å². The minimum Gasteiger partial charge on any atom is -0.373 e. The third kappa shape index (κ3) is 2.13. The van der Waals surface area contributed by atoms with Crippen LogP contribution in [0.25, 0.3) is 0 Å². The fraction of sp³-hybridized carbons (Fsp3) is 0.357. The van der Waals surface area contributed by atoms with E-state index >= 15 is 0 Å². The first kappa shape index (κ1) is 12.7. The number of aryl methyl sites for hydroxylation is 1. The number of nitrogens with zero attached hydrogens (tertiary/aromatic N) is 3. The summed E-state index contributed by atoms with van der Waals surface area (Å²) in [6.45, 7) is 0. The van der Waals surface area contributed by atoms with Gasteiger partial charge in [-0.3, -0.25) is 14.8 Å². The van der Waals surface area contributed by atoms with E-state index in [0.29, 0.717) is 5.69 Å². The van der Waals surface area contributed by atoms with E-state index < -0.39 is 0 Å². The molecule has 6 nitrogen and oxygen atoms in total. The van der Waals surface area contributed by atoms with Gasteiger partial charge < -0.3 is 5.32 Å². The number of nitro benzene ring substituents is 1. The summed E-state index contributed by atoms with van der Waals surface area (Å²) in [5.41, 5.74) is 3.05. The summed E-state index contributed by atoms with van der Waals surface area (Å²) in [6, 6.07) is 6.86. The van der Waals surface area contributed by atoms with Crippen LogP contribution in [0.1, 0.15) is 30.1 Å². The van der Waals surface area contributed by atoms with Gasteiger partial charge in [0, 0.05) is 24.4 Å². The van der Waals surface area contributed by atoms with E-state index in [0.717, 1.165) is 24.8 Å². The number of rotatable bonds is 3. The normalized spacial score (nSPS) is 17.6. The molecule has 0 spiro atoms. The summed E-state index contributed by atoms with van der Waals surface area (Å²) in [5, 5.41) is 18.7. The Balaban J connectivity index is 1.91. The molecule has 0 aliphatic heterocycles. The average Bonchev–Trinajstić information content (AvgIpc) is 2.82. The second-order valence-corrected chi connectivity index (χ2v) is 5.03. The lowest BCUT2D eigenvalue weighted by Gasteiger charge is -2.24. The monoisotopic (exact) mass is 272 g/mol. The van der Waals surface area contributed by atoms with Gasteiger partial charge >= 0.3 is 0 Å². The van der Waals surface area contributed by atoms with Gasteiger partial charge in [-0.2, -0.15) is 5.10 Å². The Morgan fingerprint density at radius 1 is 1.45 bits per heavy atom. The molecule has 1 N–H and O–H groups in total. The largest absolute Gasteiger partial charge is 0.373 e. The van der Waals surface area contributed by atoms with Gasteiger partial charge in [-0.15, -0.1) is 0 Å². The molecule has 3 rings (SSSR count). The van der Waals surface area contributed by atoms with Crippen LogP contribution in [0.5, 0.6) is 0 Å². The number of hydrogen-bond acceptors (Lipinski definition) is 4. The maximum absolute atomic E-state index is 11.1. The van der Waals surface area contributed by atoms with Crippen molar-refractivity contribution in [2.24, 2.45) is 7.05 Å². The van der Waals surface area contributed by atoms with E-state index in [-0.39, 0.29) is 16.7 Å². The first-order valence-electron chi connectivity index (χ1n) is 6.67. The minimum atomic E-state index is -0.352. The summed E-state index contributed by atoms with van der Waals surface area (Å²) in [7, 11) is 1.94. The predicted molar refractivity (Wildman–Crippen MR) is 75.6 cm³/mol. The van der Waals surface area contributed by atoms with Crippen LogP contribution >= 0.6 is 0 Å². The van der Waals surface area contributed by atoms with E-state index in [1.165, 1.54) is 11.8 Å². The predicted octanol–water partition coefficient (Wildman–Crippen LogP) is 2.82. The van der Waals surface area contributed by atoms with Crippen LogP contribution in [-0.2, 0) is 13.5 Å². The molecule has 104 valence electrons. The van der Waals surface area contributed by atoms with E-state index in [4.69, 9.17) is 0 Å². The molecule has 1 heterocycles. The number of hydrogen-bond donors (Lipinski definition) is 1. The summed E-state index contributed by atoms with van der Waals surface area (Å²) in [4.78, 5) is 10.7. The maximum Gasteiger partial charge on any atom is 0.292 e. The van der Waals surface area contributed by atoms with Crippen molar-refractivity contribution in [3.05, 3.63) is 51.8 Å². The lowest BCUT2D eigenvalue weighted by Crippen LogP contribution is -2.18. The van der Waals surface area contributed by atoms with Gasteiger partial charge in [-0.1, -0.05) is 12.1 Å². The molecule has 0 fully saturated rings. The fourth-order valence-electron chi connectivity index (χ4n) is 2.80. The van der Waals surface area contributed by atoms with E-state index in [9.17, 15) is 10.1 Å². The summed E-state index contributed by atoms with van der Waals surface area (Å²) < 4.78 is 1.89. The maximum atomic E-state index is 11.1. The third-order valence-electron chi connectivity index (χ3n) is 3.81. The van der Waals surface area contributed by atoms with Crippen LogP contribution in [0, 0.1) is 10.1 Å². The average molecular weight is 272 g/mol. The quantitative estimate of drug-likeness (QED) is 0.688. The summed E-state index contributed by atoms with van der Waals surface area (Å²) in [5.74, 6) is 0. The number of para-hydroxylation sites is 2. The van der Waals surface area contributed by atoms with Crippen molar-refractivity contribution in [2.45, 2.75) is 25.3 Å². The van der Waals surface area contributed by atoms with Crippen molar-refractivity contribution in [1.29, 1.82) is 0 Å². The topological polar surface area (TPSA) is 73.0 Å². The molecule has 1 unspecified atom stereocenters. The molecule has 1 aromatic carbocycles. The van der Waals surface area contributed by atoms with Gasteiger partial charge in [0.05, 0.1) is 17.2 Å². The number of benzene rings is 1. The van der Waals surface area contributed by atoms with Crippen molar-refractivity contribution in [3.8, 4) is 0 Å². The van der Waals surface area contributed by atoms with Gasteiger partial charge in [-0.25, -0.2) is 0 Å². The second kappa shape index (κ2) is 4.96. The molecule has 20 heavy (non-hydrogen) atoms. The van der Waals surface area contributed by atoms with Gasteiger partial charge in [0.15, 0.2) is 0 Å². The van der Waals surface area contributed by atoms with Crippen LogP contribution in [0.3, 0.4) is 0 Å². The highest BCUT2D eigenvalue weighted by Crippen LogP contribution is 2.34. The standard InChI is InChI=1S/C14H16N4O2/c1-17-13-8-4-6-11(10(13)9-15-17)16-12-5-2-3-7-14(12)18(19)20/h2-3,5,7,9,11,16H,4,6,8H2,1H3. The molecule has 1 atom stereocenters. The molecule has 0 amide bonds. The van der Waals surface area contributed by atoms with Crippen LogP contribution in [0.15, 0.2) is 30.5 Å². The molecule has 2 aromatic rings. The number of nitrogens with one attached hydrogen (secondary N) is 1. The van der Waals surface area contributed by atoms with Crippen molar-refractivity contribution in [1.82, 2.24) is 9.78 Å². The summed E-state index contributed by atoms with van der Waals surface area (Å²) in [6.07, 6.45) is 4.90. The zero-order valence-corrected chi connectivity index (χ0v) is 11.2. The van der Waals surface area contributed by atoms with Gasteiger partial charge in [-0.05, 0) is 25.3 Å². The molecule has 0 saturated heterocycles. The van der Waals surface area contributed by atoms with Crippen LogP contribution < -0.4 is 5.32 Å². The van der Waals surface area contributed by atoms with E-state index in [1.807, 2.05) is 24.0 Å². The third-order valence-corrected chi connectivity index (χ3v) is 3.81. The van der Waals surface area contributed by atoms with Crippen LogP contribution in [0.4, 0.5) is 11.4 Å². The Morgan fingerprint density at radius 2 is 2.25 bits per heavy atom. The number of anilines is 1. The van der Waals surface area contributed by atoms with E-state index in [1.54, 1.807) is 12.1 Å². The van der Waals surface area contributed by atoms with Gasteiger partial charge in [0.2, 0.25) is 0 Å². The fourth-order valence-corrected chi connectivity index (χ4v) is 2.80. The molecular weight excluding hydrogens is 256 g/mol. The molecule has 0 radical (unpaired) electrons. The van der Waals surface area contributed by atoms with Crippen molar-refractivity contribution in [2.75, 3.05) is 5.32 Å². The van der Waals surface area contributed by atoms with Crippen molar-refractivity contribution >= 4 is 11.4 Å². The van der Waals surface area contributed by atoms with Gasteiger partial charge in [0.1, 0.15) is 5.69 Å². The number of aromatic nitrogens is 2. The van der Waals surface area contributed by atoms with Crippen LogP contribution in [0.2, 0.25) is 0 Å². The Hall–Kier alpha value is -2.37. The Morgan fingerprint density at radius 3 is 3.05 bits per heavy atom. The lowest BCUT2D eigenvalue weighted by atomic mass is 9.92. The second-order valence-electron chi connectivity index (χ2n) is 5.03. The molecule has 6 heteroatoms. The first-order valence-corrected chi connectivity index (χ1v) is 6.67. The Kier molecular flexibility index (Phi) is 3.14. The highest BCUT2D eigenvalue weighted by Gasteiger charge is 2.25. The molecule has 1 aromatic heterocycles. The highest BCUT2D eigenvalue weighted by molar-refractivity contribution is 5.62. The molecule has 0 saturated carbocycles. The number of fused-ring (bicyclic) bond motifs is 1. The molecular formula is C14H16N4O2. The lowest BCUT2D eigenvalue weighted by molar-refractivity contribution is -0.384. The zero-order chi connectivity index (χ0) is 14.1. The summed E-state index contributed by atoms with van der Waals surface area (Å²) >= 11 is 0. The van der Waals surface area contributed by atoms with Crippen LogP contribution in [-0.4, -0.2) is 14.7 Å². The first-order chi connectivity index (χ1) is 9.66. The van der Waals surface area contributed by atoms with Gasteiger partial charge in [0.25, 0.3) is 5.69 Å². The SMILES string of the molecule is Cn1ncc2c1CCCC2Nc1ccccc1[N+](=O)[O-]. The zero-order valence-electron chi connectivity index (χ0n) is 11.2. The Labute approximate surface area is 116 Å². The smallest absolute Gasteiger partial charge is 0.292 e. The highest BCUT2D eigenvalue weighted by atomic mass is 16.6. The molecule has 1 aliphatic rings. The number of nitro groups is 1.